The summed E-state index contributed by atoms with van der Waals surface area (Å²) in [5.74, 6) is 2.12. The standard InChI is InChI=1S/C21H28BrN5O2S/c1-14(2)18(13-28)23-20-19-17(7-12-30(19)29)24-21(25-20)27-10-8-26(9-11-27)16-5-3-15(22)4-6-16/h3-6,14,18,28H,7-13H2,1-2H3,(H,23,24,25)/t18?,30-/m1/s1. The lowest BCUT2D eigenvalue weighted by atomic mass is 10.1. The summed E-state index contributed by atoms with van der Waals surface area (Å²) in [4.78, 5) is 14.8. The number of nitrogens with one attached hydrogen (secondary N) is 1. The van der Waals surface area contributed by atoms with Crippen molar-refractivity contribution in [3.63, 3.8) is 0 Å². The Labute approximate surface area is 188 Å². The monoisotopic (exact) mass is 493 g/mol. The predicted molar refractivity (Wildman–Crippen MR) is 125 cm³/mol. The number of aromatic nitrogens is 2. The number of aliphatic hydroxyl groups excluding tert-OH is 1. The normalized spacial score (nSPS) is 19.8. The van der Waals surface area contributed by atoms with Gasteiger partial charge in [0.15, 0.2) is 0 Å². The summed E-state index contributed by atoms with van der Waals surface area (Å²) in [6, 6.07) is 8.25. The predicted octanol–water partition coefficient (Wildman–Crippen LogP) is 2.66. The van der Waals surface area contributed by atoms with Crippen LogP contribution in [0.2, 0.25) is 0 Å². The fourth-order valence-electron chi connectivity index (χ4n) is 3.84. The zero-order chi connectivity index (χ0) is 21.3. The van der Waals surface area contributed by atoms with E-state index in [2.05, 4.69) is 69.2 Å². The summed E-state index contributed by atoms with van der Waals surface area (Å²) in [6.07, 6.45) is 0.705. The molecule has 0 aliphatic carbocycles. The Morgan fingerprint density at radius 1 is 1.13 bits per heavy atom. The van der Waals surface area contributed by atoms with Crippen LogP contribution in [0.4, 0.5) is 17.5 Å². The van der Waals surface area contributed by atoms with Crippen molar-refractivity contribution < 1.29 is 9.32 Å². The van der Waals surface area contributed by atoms with Crippen LogP contribution in [-0.2, 0) is 17.2 Å². The molecule has 0 amide bonds. The van der Waals surface area contributed by atoms with Crippen LogP contribution in [0.25, 0.3) is 0 Å². The summed E-state index contributed by atoms with van der Waals surface area (Å²) in [5.41, 5.74) is 2.09. The Morgan fingerprint density at radius 2 is 1.80 bits per heavy atom. The largest absolute Gasteiger partial charge is 0.394 e. The first kappa shape index (κ1) is 21.5. The molecule has 1 aromatic heterocycles. The molecule has 2 atom stereocenters. The Hall–Kier alpha value is -1.71. The summed E-state index contributed by atoms with van der Waals surface area (Å²) < 4.78 is 13.6. The molecule has 0 spiro atoms. The zero-order valence-electron chi connectivity index (χ0n) is 17.3. The number of hydrogen-bond acceptors (Lipinski definition) is 7. The molecule has 3 heterocycles. The third-order valence-electron chi connectivity index (χ3n) is 5.75. The van der Waals surface area contributed by atoms with Crippen LogP contribution in [0.5, 0.6) is 0 Å². The van der Waals surface area contributed by atoms with Gasteiger partial charge in [0, 0.05) is 48.5 Å². The van der Waals surface area contributed by atoms with Crippen LogP contribution in [-0.4, -0.2) is 63.9 Å². The first-order chi connectivity index (χ1) is 14.5. The van der Waals surface area contributed by atoms with Gasteiger partial charge in [-0.25, -0.2) is 4.98 Å². The van der Waals surface area contributed by atoms with Crippen molar-refractivity contribution in [2.75, 3.05) is 53.7 Å². The third-order valence-corrected chi connectivity index (χ3v) is 7.74. The fourth-order valence-corrected chi connectivity index (χ4v) is 5.42. The van der Waals surface area contributed by atoms with E-state index in [9.17, 15) is 9.32 Å². The van der Waals surface area contributed by atoms with Crippen LogP contribution in [0, 0.1) is 5.92 Å². The number of fused-ring (bicyclic) bond motifs is 1. The average molecular weight is 494 g/mol. The number of halogens is 1. The Morgan fingerprint density at radius 3 is 2.43 bits per heavy atom. The number of benzene rings is 1. The van der Waals surface area contributed by atoms with E-state index in [1.54, 1.807) is 0 Å². The lowest BCUT2D eigenvalue weighted by Gasteiger charge is -2.36. The van der Waals surface area contributed by atoms with Crippen LogP contribution in [0.15, 0.2) is 33.6 Å². The van der Waals surface area contributed by atoms with E-state index >= 15 is 0 Å². The fraction of sp³-hybridized carbons (Fsp3) is 0.524. The van der Waals surface area contributed by atoms with E-state index in [1.165, 1.54) is 5.69 Å². The zero-order valence-corrected chi connectivity index (χ0v) is 19.7. The molecule has 2 N–H and O–H groups in total. The Bertz CT molecular complexity index is 916. The number of aliphatic hydroxyl groups is 1. The van der Waals surface area contributed by atoms with Gasteiger partial charge < -0.3 is 20.2 Å². The quantitative estimate of drug-likeness (QED) is 0.639. The van der Waals surface area contributed by atoms with Crippen LogP contribution in [0.1, 0.15) is 19.5 Å². The van der Waals surface area contributed by atoms with E-state index in [4.69, 9.17) is 9.97 Å². The van der Waals surface area contributed by atoms with Crippen molar-refractivity contribution in [1.82, 2.24) is 9.97 Å². The minimum Gasteiger partial charge on any atom is -0.394 e. The van der Waals surface area contributed by atoms with E-state index in [-0.39, 0.29) is 18.6 Å². The first-order valence-electron chi connectivity index (χ1n) is 10.4. The van der Waals surface area contributed by atoms with Gasteiger partial charge in [-0.1, -0.05) is 29.8 Å². The summed E-state index contributed by atoms with van der Waals surface area (Å²) in [6.45, 7) is 7.54. The SMILES string of the molecule is CC(C)C(CO)Nc1nc(N2CCN(c3ccc(Br)cc3)CC2)nc2c1[S@](=O)CC2. The number of nitrogens with zero attached hydrogens (tertiary/aromatic N) is 4. The first-order valence-corrected chi connectivity index (χ1v) is 12.5. The molecule has 0 saturated carbocycles. The summed E-state index contributed by atoms with van der Waals surface area (Å²) in [7, 11) is -1.09. The van der Waals surface area contributed by atoms with Crippen molar-refractivity contribution in [2.24, 2.45) is 5.92 Å². The molecule has 162 valence electrons. The minimum atomic E-state index is -1.09. The van der Waals surface area contributed by atoms with Gasteiger partial charge >= 0.3 is 0 Å². The molecular weight excluding hydrogens is 466 g/mol. The van der Waals surface area contributed by atoms with Gasteiger partial charge in [-0.2, -0.15) is 4.98 Å². The van der Waals surface area contributed by atoms with Crippen molar-refractivity contribution >= 4 is 44.2 Å². The molecule has 2 aromatic rings. The Kier molecular flexibility index (Phi) is 6.60. The topological polar surface area (TPSA) is 81.6 Å². The highest BCUT2D eigenvalue weighted by molar-refractivity contribution is 9.10. The number of rotatable bonds is 6. The number of hydrogen-bond donors (Lipinski definition) is 2. The Balaban J connectivity index is 1.54. The molecule has 1 aromatic carbocycles. The minimum absolute atomic E-state index is 0.00424. The van der Waals surface area contributed by atoms with Gasteiger partial charge in [0.05, 0.1) is 29.1 Å². The van der Waals surface area contributed by atoms with E-state index in [0.29, 0.717) is 28.8 Å². The lowest BCUT2D eigenvalue weighted by Crippen LogP contribution is -2.47. The van der Waals surface area contributed by atoms with E-state index < -0.39 is 10.8 Å². The lowest BCUT2D eigenvalue weighted by molar-refractivity contribution is 0.249. The molecule has 1 fully saturated rings. The second-order valence-electron chi connectivity index (χ2n) is 8.08. The number of piperazine rings is 1. The summed E-state index contributed by atoms with van der Waals surface area (Å²) >= 11 is 3.49. The van der Waals surface area contributed by atoms with E-state index in [0.717, 1.165) is 36.3 Å². The van der Waals surface area contributed by atoms with Gasteiger partial charge in [0.25, 0.3) is 0 Å². The third kappa shape index (κ3) is 4.48. The molecule has 0 radical (unpaired) electrons. The smallest absolute Gasteiger partial charge is 0.227 e. The molecule has 0 bridgehead atoms. The van der Waals surface area contributed by atoms with Crippen molar-refractivity contribution in [3.05, 3.63) is 34.4 Å². The van der Waals surface area contributed by atoms with E-state index in [1.807, 2.05) is 0 Å². The molecular formula is C21H28BrN5O2S. The highest BCUT2D eigenvalue weighted by atomic mass is 79.9. The van der Waals surface area contributed by atoms with Crippen molar-refractivity contribution in [1.29, 1.82) is 0 Å². The van der Waals surface area contributed by atoms with Gasteiger partial charge in [-0.05, 0) is 30.2 Å². The van der Waals surface area contributed by atoms with Crippen LogP contribution < -0.4 is 15.1 Å². The molecule has 30 heavy (non-hydrogen) atoms. The van der Waals surface area contributed by atoms with Crippen molar-refractivity contribution in [2.45, 2.75) is 31.2 Å². The molecule has 1 saturated heterocycles. The van der Waals surface area contributed by atoms with Gasteiger partial charge in [-0.3, -0.25) is 4.21 Å². The molecule has 4 rings (SSSR count). The maximum absolute atomic E-state index is 12.5. The highest BCUT2D eigenvalue weighted by Gasteiger charge is 2.29. The van der Waals surface area contributed by atoms with Gasteiger partial charge in [0.2, 0.25) is 5.95 Å². The van der Waals surface area contributed by atoms with Crippen molar-refractivity contribution in [3.8, 4) is 0 Å². The molecule has 9 heteroatoms. The molecule has 2 aliphatic heterocycles. The molecule has 2 aliphatic rings. The second kappa shape index (κ2) is 9.20. The molecule has 1 unspecified atom stereocenters. The van der Waals surface area contributed by atoms with Gasteiger partial charge in [-0.15, -0.1) is 0 Å². The second-order valence-corrected chi connectivity index (χ2v) is 10.5. The number of anilines is 3. The highest BCUT2D eigenvalue weighted by Crippen LogP contribution is 2.31. The summed E-state index contributed by atoms with van der Waals surface area (Å²) in [5, 5.41) is 13.1. The average Bonchev–Trinajstić information content (AvgIpc) is 3.13. The maximum atomic E-state index is 12.5. The number of aryl methyl sites for hydroxylation is 1. The molecule has 7 nitrogen and oxygen atoms in total. The maximum Gasteiger partial charge on any atom is 0.227 e. The van der Waals surface area contributed by atoms with Crippen LogP contribution in [0.3, 0.4) is 0 Å². The van der Waals surface area contributed by atoms with Crippen LogP contribution >= 0.6 is 15.9 Å². The van der Waals surface area contributed by atoms with Gasteiger partial charge in [0.1, 0.15) is 10.7 Å².